The molecule has 0 N–H and O–H groups in total. The first kappa shape index (κ1) is 102. The zero-order chi connectivity index (χ0) is 79.5. The SMILES string of the molecule is C[Si](C)(C)[Si](C)([Si](C)(C)C)[Si](C)(C)[Si](C)([Si](C)(C)[Si](C)([Si](C)(C)C)[Si](C)(C)C)[Si](C)(C)[Si](C)([Si](C)(C)[Si](C)([Si](C)(C)[Si](C)([Si](C)(C)C)[Si](C)(C)C)[Si](C)(C)[Si](C)([Si](C)(C)C)[Si](C)(C)C)[Si](C)(C)[Si](C)([Si](C)(C)[Si](C)([Si](C)(C)C)[Si](C)(C)C)[Si](C)(C)[Si](C)([Si](C)(C)C)[Si](C)(C)C. The van der Waals surface area contributed by atoms with Crippen molar-refractivity contribution < 1.29 is 0 Å². The fourth-order valence-corrected chi connectivity index (χ4v) is 1590. The van der Waals surface area contributed by atoms with Crippen LogP contribution in [0.15, 0.2) is 0 Å². The molecule has 0 aromatic heterocycles. The fraction of sp³-hybridized carbons (Fsp3) is 1.00. The van der Waals surface area contributed by atoms with E-state index in [1.54, 1.807) is 0 Å². The Morgan fingerprint density at radius 2 is 0.105 bits per heavy atom. The average molecular weight is 1830 g/mol. The molecule has 0 aliphatic rings. The Kier molecular flexibility index (Phi) is 28.9. The molecule has 0 aliphatic heterocycles. The molecule has 95 heavy (non-hydrogen) atoms. The van der Waals surface area contributed by atoms with Crippen LogP contribution in [0.25, 0.3) is 0 Å². The molecule has 0 spiro atoms. The number of hydrogen-bond acceptors (Lipinski definition) is 0. The Morgan fingerprint density at radius 3 is 0.147 bits per heavy atom. The first-order valence-electron chi connectivity index (χ1n) is 39.5. The molecule has 0 bridgehead atoms. The maximum atomic E-state index is 3.86. The molecule has 0 heterocycles. The minimum Gasteiger partial charge on any atom is -0.0753 e. The van der Waals surface area contributed by atoms with E-state index in [0.717, 1.165) is 0 Å². The molecule has 0 aromatic carbocycles. The van der Waals surface area contributed by atoms with Gasteiger partial charge in [-0.1, -0.05) is 419 Å². The lowest BCUT2D eigenvalue weighted by Gasteiger charge is -2.83. The Morgan fingerprint density at radius 1 is 0.0632 bits per heavy atom. The van der Waals surface area contributed by atoms with Gasteiger partial charge in [0.15, 0.2) is 0 Å². The van der Waals surface area contributed by atoms with Gasteiger partial charge in [-0.05, 0) is 0 Å². The van der Waals surface area contributed by atoms with Crippen LogP contribution in [0.1, 0.15) is 0 Å². The van der Waals surface area contributed by atoms with Crippen LogP contribution >= 0.6 is 0 Å². The Bertz CT molecular complexity index is 2190. The molecule has 0 amide bonds. The third-order valence-corrected chi connectivity index (χ3v) is 891. The van der Waals surface area contributed by atoms with Crippen LogP contribution in [-0.4, -0.2) is 221 Å². The summed E-state index contributed by atoms with van der Waals surface area (Å²) in [6, 6.07) is 0. The van der Waals surface area contributed by atoms with E-state index in [-0.39, 0.29) is 0 Å². The molecular weight excluding hydrogens is 1640 g/mol. The summed E-state index contributed by atoms with van der Waals surface area (Å²) in [6.45, 7) is 190. The van der Waals surface area contributed by atoms with E-state index in [0.29, 0.717) is 0 Å². The molecule has 0 saturated heterocycles. The normalized spacial score (nSPS) is 17.7. The summed E-state index contributed by atoms with van der Waals surface area (Å²) in [5.74, 6) is 0. The lowest BCUT2D eigenvalue weighted by Crippen LogP contribution is -3.13. The van der Waals surface area contributed by atoms with Crippen molar-refractivity contribution in [3.63, 3.8) is 0 Å². The van der Waals surface area contributed by atoms with Gasteiger partial charge in [-0.25, -0.2) is 0 Å². The van der Waals surface area contributed by atoms with E-state index < -0.39 is 221 Å². The highest BCUT2D eigenvalue weighted by molar-refractivity contribution is 8.35. The van der Waals surface area contributed by atoms with Crippen LogP contribution in [0.5, 0.6) is 0 Å². The quantitative estimate of drug-likeness (QED) is 0.0629. The van der Waals surface area contributed by atoms with Crippen molar-refractivity contribution in [1.29, 1.82) is 0 Å². The lowest BCUT2D eigenvalue weighted by molar-refractivity contribution is 1.72. The predicted molar refractivity (Wildman–Crippen MR) is 554 cm³/mol. The highest BCUT2D eigenvalue weighted by Crippen LogP contribution is 2.64. The van der Waals surface area contributed by atoms with Gasteiger partial charge in [-0.15, -0.1) is 0 Å². The predicted octanol–water partition coefficient (Wildman–Crippen LogP) is 25.6. The van der Waals surface area contributed by atoms with Gasteiger partial charge < -0.3 is 0 Å². The second-order valence-corrected chi connectivity index (χ2v) is 429. The van der Waals surface area contributed by atoms with Crippen LogP contribution < -0.4 is 0 Å². The highest BCUT2D eigenvalue weighted by atomic mass is 30.5. The first-order chi connectivity index (χ1) is 39.5. The van der Waals surface area contributed by atoms with Crippen molar-refractivity contribution in [3.8, 4) is 0 Å². The first-order valence-corrected chi connectivity index (χ1v) is 164. The van der Waals surface area contributed by atoms with Gasteiger partial charge in [0.25, 0.3) is 0 Å². The van der Waals surface area contributed by atoms with Gasteiger partial charge in [0.2, 0.25) is 0 Å². The minimum absolute atomic E-state index is 1.69. The third-order valence-electron chi connectivity index (χ3n) is 40.5. The molecule has 0 radical (unpaired) electrons. The van der Waals surface area contributed by atoms with Crippen molar-refractivity contribution in [3.05, 3.63) is 0 Å². The smallest absolute Gasteiger partial charge is 0.0331 e. The van der Waals surface area contributed by atoms with Crippen molar-refractivity contribution >= 4 is 221 Å². The maximum Gasteiger partial charge on any atom is 0.0331 e. The summed E-state index contributed by atoms with van der Waals surface area (Å²) < 4.78 is 0. The summed E-state index contributed by atoms with van der Waals surface area (Å²) in [6.07, 6.45) is 0. The van der Waals surface area contributed by atoms with E-state index >= 15 is 0 Å². The van der Waals surface area contributed by atoms with Crippen LogP contribution in [0, 0.1) is 0 Å². The van der Waals surface area contributed by atoms with Crippen LogP contribution in [0.2, 0.25) is 419 Å². The van der Waals surface area contributed by atoms with Gasteiger partial charge >= 0.3 is 0 Å². The topological polar surface area (TPSA) is 0 Å². The zero-order valence-electron chi connectivity index (χ0n) is 79.5. The van der Waals surface area contributed by atoms with Gasteiger partial charge in [0.05, 0.1) is 0 Å². The Balaban J connectivity index is 13.7. The molecule has 0 fully saturated rings. The van der Waals surface area contributed by atoms with Crippen molar-refractivity contribution in [2.45, 2.75) is 419 Å². The van der Waals surface area contributed by atoms with E-state index in [4.69, 9.17) is 0 Å². The number of rotatable bonds is 30. The minimum atomic E-state index is -2.55. The Hall–Kier alpha value is 6.72. The van der Waals surface area contributed by atoms with Crippen LogP contribution in [-0.2, 0) is 0 Å². The largest absolute Gasteiger partial charge is 0.0753 e. The molecular formula is C64H192Si31. The molecule has 0 saturated carbocycles. The second kappa shape index (κ2) is 27.0. The lowest BCUT2D eigenvalue weighted by atomic mass is 11.8. The maximum absolute atomic E-state index is 3.86. The van der Waals surface area contributed by atoms with Gasteiger partial charge in [-0.3, -0.25) is 0 Å². The summed E-state index contributed by atoms with van der Waals surface area (Å²) >= 11 is 0. The molecule has 572 valence electrons. The van der Waals surface area contributed by atoms with Gasteiger partial charge in [0, 0.05) is 221 Å². The van der Waals surface area contributed by atoms with E-state index in [1.165, 1.54) is 0 Å². The van der Waals surface area contributed by atoms with E-state index in [2.05, 4.69) is 419 Å². The average Bonchev–Trinajstić information content (AvgIpc) is 0.631. The van der Waals surface area contributed by atoms with Gasteiger partial charge in [-0.2, -0.15) is 0 Å². The standard InChI is InChI=1S/C64H192Si31/c1-65(2,3)86(55,66(4,5)6)77(37,38)92(61,78(39,40)87(56,67(7,8)9)68(10,11)12)83(49,50)95(64,84(51,52)93(62,79(41,42)88(57,69(13,14)15)70(16,17)18)80(43,44)89(58,71(19,20)21)72(22,23)24)85(53,54)94(63,81(45,46)90(59,73(25,26)27)74(28,29)30)82(47,48)91(60,75(31,32)33)76(34,35)36/h1-64H3. The summed E-state index contributed by atoms with van der Waals surface area (Å²) in [5, 5.41) is 0. The van der Waals surface area contributed by atoms with E-state index in [1.807, 2.05) is 0 Å². The van der Waals surface area contributed by atoms with Crippen molar-refractivity contribution in [1.82, 2.24) is 0 Å². The van der Waals surface area contributed by atoms with E-state index in [9.17, 15) is 0 Å². The molecule has 0 nitrogen and oxygen atoms in total. The summed E-state index contributed by atoms with van der Waals surface area (Å²) in [7, 11) is -40.3. The molecule has 0 aliphatic carbocycles. The fourth-order valence-electron chi connectivity index (χ4n) is 31.9. The molecule has 0 aromatic rings. The van der Waals surface area contributed by atoms with Crippen LogP contribution in [0.3, 0.4) is 0 Å². The van der Waals surface area contributed by atoms with Crippen molar-refractivity contribution in [2.75, 3.05) is 0 Å². The molecule has 0 rings (SSSR count). The zero-order valence-corrected chi connectivity index (χ0v) is 110. The molecule has 0 unspecified atom stereocenters. The number of hydrogen-bond donors (Lipinski definition) is 0. The van der Waals surface area contributed by atoms with Gasteiger partial charge in [0.1, 0.15) is 0 Å². The van der Waals surface area contributed by atoms with Crippen LogP contribution in [0.4, 0.5) is 0 Å². The van der Waals surface area contributed by atoms with Crippen molar-refractivity contribution in [2.24, 2.45) is 0 Å². The monoisotopic (exact) mass is 1830 g/mol. The Labute approximate surface area is 632 Å². The third kappa shape index (κ3) is 12.8. The summed E-state index contributed by atoms with van der Waals surface area (Å²) in [5.41, 5.74) is 0. The molecule has 31 heteroatoms. The highest BCUT2D eigenvalue weighted by Gasteiger charge is 2.91. The second-order valence-electron chi connectivity index (χ2n) is 52.9. The molecule has 0 atom stereocenters. The summed E-state index contributed by atoms with van der Waals surface area (Å²) in [4.78, 5) is 0.